The van der Waals surface area contributed by atoms with Gasteiger partial charge < -0.3 is 14.6 Å². The predicted molar refractivity (Wildman–Crippen MR) is 109 cm³/mol. The largest absolute Gasteiger partial charge is 0.508 e. The van der Waals surface area contributed by atoms with Crippen molar-refractivity contribution in [3.8, 4) is 17.2 Å². The van der Waals surface area contributed by atoms with E-state index >= 15 is 0 Å². The standard InChI is InChI=1S/C23H21N3O3/c1-2-28-21-8-4-7-18-20-14-19(16-5-3-6-17(27)13-16)25-26(20)23(29-22(18)21)15-9-11-24-12-10-15/h3-13,20,23,27H,2,14H2,1H3/t20-,23-/m1/s1. The van der Waals surface area contributed by atoms with E-state index < -0.39 is 0 Å². The summed E-state index contributed by atoms with van der Waals surface area (Å²) in [7, 11) is 0. The van der Waals surface area contributed by atoms with Crippen LogP contribution < -0.4 is 9.47 Å². The fourth-order valence-corrected chi connectivity index (χ4v) is 3.96. The highest BCUT2D eigenvalue weighted by Crippen LogP contribution is 2.50. The Hall–Kier alpha value is -3.54. The number of hydrazone groups is 1. The summed E-state index contributed by atoms with van der Waals surface area (Å²) in [5.74, 6) is 1.75. The molecule has 2 atom stereocenters. The summed E-state index contributed by atoms with van der Waals surface area (Å²) >= 11 is 0. The number of pyridine rings is 1. The molecule has 6 heteroatoms. The Morgan fingerprint density at radius 1 is 1.14 bits per heavy atom. The molecule has 2 aliphatic heterocycles. The molecule has 6 nitrogen and oxygen atoms in total. The first-order valence-corrected chi connectivity index (χ1v) is 9.72. The molecule has 0 aliphatic carbocycles. The maximum atomic E-state index is 9.90. The minimum Gasteiger partial charge on any atom is -0.508 e. The van der Waals surface area contributed by atoms with Crippen molar-refractivity contribution >= 4 is 5.71 Å². The van der Waals surface area contributed by atoms with Gasteiger partial charge in [0.25, 0.3) is 0 Å². The highest BCUT2D eigenvalue weighted by Gasteiger charge is 2.42. The number of ether oxygens (including phenoxy) is 2. The number of hydrogen-bond acceptors (Lipinski definition) is 6. The number of nitrogens with zero attached hydrogens (tertiary/aromatic N) is 3. The number of aromatic hydroxyl groups is 1. The lowest BCUT2D eigenvalue weighted by atomic mass is 9.95. The topological polar surface area (TPSA) is 67.2 Å². The third-order valence-corrected chi connectivity index (χ3v) is 5.25. The maximum absolute atomic E-state index is 9.90. The van der Waals surface area contributed by atoms with Gasteiger partial charge in [0, 0.05) is 35.5 Å². The van der Waals surface area contributed by atoms with Crippen molar-refractivity contribution in [1.82, 2.24) is 9.99 Å². The molecule has 0 fully saturated rings. The molecule has 0 saturated carbocycles. The molecule has 29 heavy (non-hydrogen) atoms. The Labute approximate surface area is 169 Å². The molecule has 1 aromatic heterocycles. The Bertz CT molecular complexity index is 1070. The van der Waals surface area contributed by atoms with Gasteiger partial charge in [-0.1, -0.05) is 24.3 Å². The lowest BCUT2D eigenvalue weighted by Crippen LogP contribution is -2.33. The molecule has 2 aromatic carbocycles. The average molecular weight is 387 g/mol. The summed E-state index contributed by atoms with van der Waals surface area (Å²) in [5.41, 5.74) is 3.86. The van der Waals surface area contributed by atoms with Crippen LogP contribution in [0.3, 0.4) is 0 Å². The van der Waals surface area contributed by atoms with Crippen LogP contribution in [0.1, 0.15) is 42.3 Å². The number of para-hydroxylation sites is 1. The van der Waals surface area contributed by atoms with Crippen LogP contribution in [0.5, 0.6) is 17.2 Å². The fraction of sp³-hybridized carbons (Fsp3) is 0.217. The molecule has 5 rings (SSSR count). The van der Waals surface area contributed by atoms with E-state index in [0.717, 1.165) is 40.3 Å². The minimum atomic E-state index is -0.382. The van der Waals surface area contributed by atoms with Crippen LogP contribution in [-0.2, 0) is 0 Å². The van der Waals surface area contributed by atoms with Crippen molar-refractivity contribution in [3.05, 3.63) is 83.7 Å². The Morgan fingerprint density at radius 2 is 1.97 bits per heavy atom. The van der Waals surface area contributed by atoms with Crippen LogP contribution in [0.4, 0.5) is 0 Å². The van der Waals surface area contributed by atoms with Crippen LogP contribution >= 0.6 is 0 Å². The molecule has 0 unspecified atom stereocenters. The number of hydrogen-bond donors (Lipinski definition) is 1. The predicted octanol–water partition coefficient (Wildman–Crippen LogP) is 4.43. The Morgan fingerprint density at radius 3 is 2.76 bits per heavy atom. The van der Waals surface area contributed by atoms with Gasteiger partial charge in [0.05, 0.1) is 18.4 Å². The van der Waals surface area contributed by atoms with Gasteiger partial charge in [0.2, 0.25) is 6.23 Å². The smallest absolute Gasteiger partial charge is 0.214 e. The Kier molecular flexibility index (Phi) is 4.31. The number of benzene rings is 2. The fourth-order valence-electron chi connectivity index (χ4n) is 3.96. The molecule has 2 aliphatic rings. The molecular weight excluding hydrogens is 366 g/mol. The van der Waals surface area contributed by atoms with Crippen molar-refractivity contribution in [2.75, 3.05) is 6.61 Å². The number of rotatable bonds is 4. The number of phenols is 1. The van der Waals surface area contributed by atoms with E-state index in [4.69, 9.17) is 14.6 Å². The molecule has 0 saturated heterocycles. The van der Waals surface area contributed by atoms with E-state index in [0.29, 0.717) is 6.61 Å². The zero-order valence-corrected chi connectivity index (χ0v) is 16.0. The number of fused-ring (bicyclic) bond motifs is 3. The van der Waals surface area contributed by atoms with E-state index in [1.807, 2.05) is 48.3 Å². The lowest BCUT2D eigenvalue weighted by molar-refractivity contribution is -0.0212. The third-order valence-electron chi connectivity index (χ3n) is 5.25. The molecule has 3 heterocycles. The van der Waals surface area contributed by atoms with Gasteiger partial charge in [-0.3, -0.25) is 4.98 Å². The second kappa shape index (κ2) is 7.13. The number of aromatic nitrogens is 1. The number of phenolic OH excluding ortho intramolecular Hbond substituents is 1. The second-order valence-electron chi connectivity index (χ2n) is 7.06. The van der Waals surface area contributed by atoms with Gasteiger partial charge in [-0.2, -0.15) is 5.10 Å². The van der Waals surface area contributed by atoms with E-state index in [-0.39, 0.29) is 18.0 Å². The highest BCUT2D eigenvalue weighted by atomic mass is 16.5. The normalized spacial score (nSPS) is 19.8. The molecular formula is C23H21N3O3. The summed E-state index contributed by atoms with van der Waals surface area (Å²) in [4.78, 5) is 4.13. The van der Waals surface area contributed by atoms with Gasteiger partial charge >= 0.3 is 0 Å². The van der Waals surface area contributed by atoms with Crippen LogP contribution in [0, 0.1) is 0 Å². The van der Waals surface area contributed by atoms with Crippen LogP contribution in [0.2, 0.25) is 0 Å². The first kappa shape index (κ1) is 17.6. The molecule has 0 spiro atoms. The first-order chi connectivity index (χ1) is 14.2. The minimum absolute atomic E-state index is 0.0228. The van der Waals surface area contributed by atoms with E-state index in [2.05, 4.69) is 11.1 Å². The molecule has 0 radical (unpaired) electrons. The summed E-state index contributed by atoms with van der Waals surface area (Å²) in [5, 5.41) is 16.8. The zero-order chi connectivity index (χ0) is 19.8. The van der Waals surface area contributed by atoms with Crippen molar-refractivity contribution in [1.29, 1.82) is 0 Å². The van der Waals surface area contributed by atoms with E-state index in [1.54, 1.807) is 24.5 Å². The summed E-state index contributed by atoms with van der Waals surface area (Å²) < 4.78 is 12.3. The van der Waals surface area contributed by atoms with Gasteiger partial charge in [0.1, 0.15) is 5.75 Å². The highest BCUT2D eigenvalue weighted by molar-refractivity contribution is 6.02. The van der Waals surface area contributed by atoms with Crippen molar-refractivity contribution in [3.63, 3.8) is 0 Å². The molecule has 146 valence electrons. The maximum Gasteiger partial charge on any atom is 0.214 e. The van der Waals surface area contributed by atoms with Gasteiger partial charge in [-0.25, -0.2) is 5.01 Å². The van der Waals surface area contributed by atoms with Crippen molar-refractivity contribution < 1.29 is 14.6 Å². The zero-order valence-electron chi connectivity index (χ0n) is 16.0. The monoisotopic (exact) mass is 387 g/mol. The van der Waals surface area contributed by atoms with Gasteiger partial charge in [0.15, 0.2) is 11.5 Å². The quantitative estimate of drug-likeness (QED) is 0.717. The summed E-state index contributed by atoms with van der Waals surface area (Å²) in [6.07, 6.45) is 3.85. The second-order valence-corrected chi connectivity index (χ2v) is 7.06. The SMILES string of the molecule is CCOc1cccc2c1O[C@H](c1ccncc1)N1N=C(c3cccc(O)c3)C[C@H]21. The summed E-state index contributed by atoms with van der Waals surface area (Å²) in [6, 6.07) is 17.1. The average Bonchev–Trinajstić information content (AvgIpc) is 3.20. The molecule has 3 aromatic rings. The van der Waals surface area contributed by atoms with Crippen LogP contribution in [0.15, 0.2) is 72.1 Å². The van der Waals surface area contributed by atoms with Crippen molar-refractivity contribution in [2.24, 2.45) is 5.10 Å². The van der Waals surface area contributed by atoms with E-state index in [9.17, 15) is 5.11 Å². The van der Waals surface area contributed by atoms with Crippen LogP contribution in [-0.4, -0.2) is 27.4 Å². The molecule has 1 N–H and O–H groups in total. The molecule has 0 amide bonds. The van der Waals surface area contributed by atoms with E-state index in [1.165, 1.54) is 0 Å². The summed E-state index contributed by atoms with van der Waals surface area (Å²) in [6.45, 7) is 2.53. The van der Waals surface area contributed by atoms with Crippen LogP contribution in [0.25, 0.3) is 0 Å². The molecule has 0 bridgehead atoms. The van der Waals surface area contributed by atoms with Gasteiger partial charge in [-0.05, 0) is 37.3 Å². The third kappa shape index (κ3) is 3.06. The lowest BCUT2D eigenvalue weighted by Gasteiger charge is -2.38. The Balaban J connectivity index is 1.61. The van der Waals surface area contributed by atoms with Gasteiger partial charge in [-0.15, -0.1) is 0 Å². The van der Waals surface area contributed by atoms with Crippen molar-refractivity contribution in [2.45, 2.75) is 25.6 Å². The first-order valence-electron chi connectivity index (χ1n) is 9.72.